The zero-order valence-electron chi connectivity index (χ0n) is 10.6. The largest absolute Gasteiger partial charge is 0.367 e. The Balaban J connectivity index is 2.54. The van der Waals surface area contributed by atoms with Gasteiger partial charge in [-0.3, -0.25) is 0 Å². The number of benzene rings is 1. The summed E-state index contributed by atoms with van der Waals surface area (Å²) in [5.74, 6) is 0.968. The molecule has 3 nitrogen and oxygen atoms in total. The van der Waals surface area contributed by atoms with Crippen molar-refractivity contribution < 1.29 is 0 Å². The van der Waals surface area contributed by atoms with Gasteiger partial charge in [0.2, 0.25) is 0 Å². The summed E-state index contributed by atoms with van der Waals surface area (Å²) < 4.78 is 0. The molecule has 1 aromatic carbocycles. The minimum Gasteiger partial charge on any atom is -0.367 e. The van der Waals surface area contributed by atoms with Gasteiger partial charge in [0, 0.05) is 24.2 Å². The first-order valence-electron chi connectivity index (χ1n) is 6.00. The maximum absolute atomic E-state index is 4.51. The number of nitrogens with one attached hydrogen (secondary N) is 2. The Morgan fingerprint density at radius 2 is 1.88 bits per heavy atom. The minimum atomic E-state index is 0.390. The lowest BCUT2D eigenvalue weighted by Gasteiger charge is -2.14. The quantitative estimate of drug-likeness (QED) is 0.846. The molecule has 1 heterocycles. The zero-order valence-corrected chi connectivity index (χ0v) is 10.6. The lowest BCUT2D eigenvalue weighted by atomic mass is 10.1. The second-order valence-corrected chi connectivity index (χ2v) is 4.51. The lowest BCUT2D eigenvalue weighted by Crippen LogP contribution is -2.12. The number of hydrogen-bond donors (Lipinski definition) is 2. The topological polar surface area (TPSA) is 37.0 Å². The molecule has 3 heteroatoms. The molecular weight excluding hydrogens is 210 g/mol. The molecule has 0 spiro atoms. The lowest BCUT2D eigenvalue weighted by molar-refractivity contribution is 0.818. The smallest absolute Gasteiger partial charge is 0.134 e. The molecule has 90 valence electrons. The summed E-state index contributed by atoms with van der Waals surface area (Å²) >= 11 is 0. The molecule has 2 N–H and O–H groups in total. The van der Waals surface area contributed by atoms with Crippen LogP contribution in [0.15, 0.2) is 30.5 Å². The summed E-state index contributed by atoms with van der Waals surface area (Å²) in [5.41, 5.74) is 1.23. The van der Waals surface area contributed by atoms with E-state index in [9.17, 15) is 0 Å². The van der Waals surface area contributed by atoms with Gasteiger partial charge in [0.15, 0.2) is 0 Å². The van der Waals surface area contributed by atoms with Crippen molar-refractivity contribution in [2.75, 3.05) is 12.4 Å². The molecule has 2 aromatic rings. The average molecular weight is 229 g/mol. The van der Waals surface area contributed by atoms with Gasteiger partial charge in [-0.25, -0.2) is 4.98 Å². The summed E-state index contributed by atoms with van der Waals surface area (Å²) in [5, 5.41) is 9.01. The normalized spacial score (nSPS) is 11.1. The number of nitrogens with zero attached hydrogens (tertiary/aromatic N) is 1. The SMILES string of the molecule is CNCc1cnc(NC(C)C)c2ccccc12. The Kier molecular flexibility index (Phi) is 3.59. The van der Waals surface area contributed by atoms with Crippen LogP contribution in [-0.4, -0.2) is 18.1 Å². The second kappa shape index (κ2) is 5.15. The maximum atomic E-state index is 4.51. The molecule has 0 aliphatic rings. The van der Waals surface area contributed by atoms with Gasteiger partial charge in [0.25, 0.3) is 0 Å². The molecule has 0 amide bonds. The van der Waals surface area contributed by atoms with E-state index in [1.807, 2.05) is 13.2 Å². The highest BCUT2D eigenvalue weighted by atomic mass is 15.0. The van der Waals surface area contributed by atoms with Gasteiger partial charge < -0.3 is 10.6 Å². The van der Waals surface area contributed by atoms with Crippen LogP contribution in [0.4, 0.5) is 5.82 Å². The van der Waals surface area contributed by atoms with E-state index in [2.05, 4.69) is 53.7 Å². The Hall–Kier alpha value is -1.61. The first-order chi connectivity index (χ1) is 8.22. The van der Waals surface area contributed by atoms with Gasteiger partial charge in [-0.1, -0.05) is 24.3 Å². The summed E-state index contributed by atoms with van der Waals surface area (Å²) in [6, 6.07) is 8.78. The number of aromatic nitrogens is 1. The molecule has 0 radical (unpaired) electrons. The monoisotopic (exact) mass is 229 g/mol. The van der Waals surface area contributed by atoms with E-state index >= 15 is 0 Å². The standard InChI is InChI=1S/C14H19N3/c1-10(2)17-14-13-7-5-4-6-12(13)11(8-15-3)9-16-14/h4-7,9-10,15H,8H2,1-3H3,(H,16,17). The van der Waals surface area contributed by atoms with Crippen LogP contribution < -0.4 is 10.6 Å². The third kappa shape index (κ3) is 2.56. The third-order valence-corrected chi connectivity index (χ3v) is 2.67. The van der Waals surface area contributed by atoms with Gasteiger partial charge in [0.05, 0.1) is 0 Å². The molecular formula is C14H19N3. The van der Waals surface area contributed by atoms with Crippen molar-refractivity contribution in [2.24, 2.45) is 0 Å². The first-order valence-corrected chi connectivity index (χ1v) is 6.00. The van der Waals surface area contributed by atoms with Crippen LogP contribution in [0.1, 0.15) is 19.4 Å². The zero-order chi connectivity index (χ0) is 12.3. The Morgan fingerprint density at radius 3 is 2.53 bits per heavy atom. The van der Waals surface area contributed by atoms with E-state index in [1.54, 1.807) is 0 Å². The first kappa shape index (κ1) is 11.9. The van der Waals surface area contributed by atoms with Gasteiger partial charge in [0.1, 0.15) is 5.82 Å². The summed E-state index contributed by atoms with van der Waals surface area (Å²) in [6.45, 7) is 5.09. The van der Waals surface area contributed by atoms with Crippen molar-refractivity contribution in [1.82, 2.24) is 10.3 Å². The van der Waals surface area contributed by atoms with Crippen LogP contribution in [-0.2, 0) is 6.54 Å². The molecule has 0 unspecified atom stereocenters. The van der Waals surface area contributed by atoms with E-state index in [0.29, 0.717) is 6.04 Å². The van der Waals surface area contributed by atoms with Crippen LogP contribution in [0.3, 0.4) is 0 Å². The fraction of sp³-hybridized carbons (Fsp3) is 0.357. The van der Waals surface area contributed by atoms with Gasteiger partial charge >= 0.3 is 0 Å². The van der Waals surface area contributed by atoms with Crippen LogP contribution >= 0.6 is 0 Å². The highest BCUT2D eigenvalue weighted by molar-refractivity contribution is 5.94. The Bertz CT molecular complexity index is 506. The van der Waals surface area contributed by atoms with Crippen LogP contribution in [0.2, 0.25) is 0 Å². The molecule has 1 aromatic heterocycles. The average Bonchev–Trinajstić information content (AvgIpc) is 2.32. The molecule has 17 heavy (non-hydrogen) atoms. The highest BCUT2D eigenvalue weighted by Gasteiger charge is 2.07. The number of pyridine rings is 1. The van der Waals surface area contributed by atoms with E-state index in [0.717, 1.165) is 12.4 Å². The predicted molar refractivity (Wildman–Crippen MR) is 73.3 cm³/mol. The Morgan fingerprint density at radius 1 is 1.18 bits per heavy atom. The number of rotatable bonds is 4. The van der Waals surface area contributed by atoms with Crippen molar-refractivity contribution in [3.05, 3.63) is 36.0 Å². The fourth-order valence-corrected chi connectivity index (χ4v) is 1.97. The molecule has 0 bridgehead atoms. The summed E-state index contributed by atoms with van der Waals surface area (Å²) in [4.78, 5) is 4.51. The fourth-order valence-electron chi connectivity index (χ4n) is 1.97. The van der Waals surface area contributed by atoms with E-state index < -0.39 is 0 Å². The van der Waals surface area contributed by atoms with E-state index in [4.69, 9.17) is 0 Å². The maximum Gasteiger partial charge on any atom is 0.134 e. The molecule has 0 fully saturated rings. The molecule has 0 aliphatic carbocycles. The highest BCUT2D eigenvalue weighted by Crippen LogP contribution is 2.24. The van der Waals surface area contributed by atoms with Crippen molar-refractivity contribution >= 4 is 16.6 Å². The molecule has 0 saturated carbocycles. The van der Waals surface area contributed by atoms with Crippen molar-refractivity contribution in [3.8, 4) is 0 Å². The number of anilines is 1. The van der Waals surface area contributed by atoms with Crippen LogP contribution in [0, 0.1) is 0 Å². The Labute approximate surface area is 102 Å². The van der Waals surface area contributed by atoms with Crippen LogP contribution in [0.25, 0.3) is 10.8 Å². The second-order valence-electron chi connectivity index (χ2n) is 4.51. The summed E-state index contributed by atoms with van der Waals surface area (Å²) in [7, 11) is 1.95. The van der Waals surface area contributed by atoms with Crippen molar-refractivity contribution in [3.63, 3.8) is 0 Å². The van der Waals surface area contributed by atoms with Gasteiger partial charge in [-0.15, -0.1) is 0 Å². The van der Waals surface area contributed by atoms with Gasteiger partial charge in [-0.05, 0) is 31.8 Å². The molecule has 0 atom stereocenters. The summed E-state index contributed by atoms with van der Waals surface area (Å²) in [6.07, 6.45) is 1.95. The van der Waals surface area contributed by atoms with Crippen molar-refractivity contribution in [2.45, 2.75) is 26.4 Å². The molecule has 0 aliphatic heterocycles. The van der Waals surface area contributed by atoms with Gasteiger partial charge in [-0.2, -0.15) is 0 Å². The molecule has 0 saturated heterocycles. The number of fused-ring (bicyclic) bond motifs is 1. The third-order valence-electron chi connectivity index (χ3n) is 2.67. The van der Waals surface area contributed by atoms with Crippen LogP contribution in [0.5, 0.6) is 0 Å². The minimum absolute atomic E-state index is 0.390. The molecule has 2 rings (SSSR count). The predicted octanol–water partition coefficient (Wildman–Crippen LogP) is 2.77. The number of hydrogen-bond acceptors (Lipinski definition) is 3. The van der Waals surface area contributed by atoms with E-state index in [-0.39, 0.29) is 0 Å². The van der Waals surface area contributed by atoms with E-state index in [1.165, 1.54) is 16.3 Å². The van der Waals surface area contributed by atoms with Crippen molar-refractivity contribution in [1.29, 1.82) is 0 Å².